The van der Waals surface area contributed by atoms with E-state index in [0.717, 1.165) is 11.3 Å². The highest BCUT2D eigenvalue weighted by Gasteiger charge is 2.63. The van der Waals surface area contributed by atoms with Crippen molar-refractivity contribution in [3.63, 3.8) is 0 Å². The summed E-state index contributed by atoms with van der Waals surface area (Å²) in [4.78, 5) is 11.7. The molecule has 1 saturated heterocycles. The van der Waals surface area contributed by atoms with E-state index in [9.17, 15) is 9.90 Å². The van der Waals surface area contributed by atoms with Gasteiger partial charge in [-0.2, -0.15) is 0 Å². The quantitative estimate of drug-likeness (QED) is 0.844. The molecule has 2 aliphatic rings. The first kappa shape index (κ1) is 15.3. The Kier molecular flexibility index (Phi) is 3.87. The summed E-state index contributed by atoms with van der Waals surface area (Å²) in [6, 6.07) is 7.66. The topological polar surface area (TPSA) is 65.0 Å². The first-order valence-electron chi connectivity index (χ1n) is 7.57. The molecular weight excluding hydrogens is 284 g/mol. The molecule has 0 bridgehead atoms. The normalized spacial score (nSPS) is 33.6. The lowest BCUT2D eigenvalue weighted by Crippen LogP contribution is -2.43. The number of carbonyl (C=O) groups excluding carboxylic acids is 1. The fraction of sp³-hybridized carbons (Fsp3) is 0.588. The molecule has 5 nitrogen and oxygen atoms in total. The van der Waals surface area contributed by atoms with Gasteiger partial charge in [-0.25, -0.2) is 0 Å². The maximum atomic E-state index is 11.7. The number of carbonyl (C=O) groups is 1. The molecule has 2 fully saturated rings. The van der Waals surface area contributed by atoms with E-state index in [1.807, 2.05) is 31.2 Å². The molecule has 1 aliphatic heterocycles. The van der Waals surface area contributed by atoms with E-state index < -0.39 is 11.7 Å². The Bertz CT molecular complexity index is 555. The number of ether oxygens (including phenoxy) is 3. The first-order valence-corrected chi connectivity index (χ1v) is 7.57. The molecule has 1 N–H and O–H groups in total. The number of hydrogen-bond donors (Lipinski definition) is 1. The molecule has 22 heavy (non-hydrogen) atoms. The van der Waals surface area contributed by atoms with Crippen molar-refractivity contribution in [3.8, 4) is 5.75 Å². The van der Waals surface area contributed by atoms with Crippen molar-refractivity contribution in [2.75, 3.05) is 13.7 Å². The second-order valence-corrected chi connectivity index (χ2v) is 6.61. The number of aliphatic hydroxyl groups excluding tert-OH is 1. The number of esters is 1. The lowest BCUT2D eigenvalue weighted by atomic mass is 9.76. The molecule has 120 valence electrons. The largest absolute Gasteiger partial charge is 0.497 e. The van der Waals surface area contributed by atoms with Crippen molar-refractivity contribution in [2.45, 2.75) is 44.5 Å². The van der Waals surface area contributed by atoms with Gasteiger partial charge in [0.15, 0.2) is 0 Å². The van der Waals surface area contributed by atoms with Crippen LogP contribution >= 0.6 is 0 Å². The summed E-state index contributed by atoms with van der Waals surface area (Å²) in [5.74, 6) is 0.612. The summed E-state index contributed by atoms with van der Waals surface area (Å²) in [6.07, 6.45) is 0.973. The third kappa shape index (κ3) is 2.59. The monoisotopic (exact) mass is 306 g/mol. The van der Waals surface area contributed by atoms with E-state index >= 15 is 0 Å². The van der Waals surface area contributed by atoms with Crippen LogP contribution in [0.4, 0.5) is 0 Å². The van der Waals surface area contributed by atoms with Gasteiger partial charge in [-0.1, -0.05) is 19.1 Å². The average molecular weight is 306 g/mol. The predicted octanol–water partition coefficient (Wildman–Crippen LogP) is 2.06. The van der Waals surface area contributed by atoms with Crippen LogP contribution < -0.4 is 4.74 Å². The van der Waals surface area contributed by atoms with Crippen LogP contribution in [0.25, 0.3) is 0 Å². The zero-order chi connectivity index (χ0) is 15.8. The predicted molar refractivity (Wildman–Crippen MR) is 79.4 cm³/mol. The highest BCUT2D eigenvalue weighted by atomic mass is 16.6. The van der Waals surface area contributed by atoms with Gasteiger partial charge in [-0.15, -0.1) is 0 Å². The van der Waals surface area contributed by atoms with E-state index in [1.54, 1.807) is 7.11 Å². The van der Waals surface area contributed by atoms with Crippen LogP contribution in [0.2, 0.25) is 0 Å². The number of hydrogen-bond acceptors (Lipinski definition) is 5. The van der Waals surface area contributed by atoms with Crippen LogP contribution in [0.5, 0.6) is 5.75 Å². The number of fused-ring (bicyclic) bond motifs is 1. The second-order valence-electron chi connectivity index (χ2n) is 6.61. The molecular formula is C17H22O5. The van der Waals surface area contributed by atoms with E-state index in [1.165, 1.54) is 0 Å². The van der Waals surface area contributed by atoms with Gasteiger partial charge in [0.25, 0.3) is 0 Å². The maximum Gasteiger partial charge on any atom is 0.307 e. The molecule has 0 aromatic heterocycles. The van der Waals surface area contributed by atoms with Crippen molar-refractivity contribution in [1.29, 1.82) is 0 Å². The van der Waals surface area contributed by atoms with Gasteiger partial charge >= 0.3 is 5.97 Å². The van der Waals surface area contributed by atoms with E-state index in [-0.39, 0.29) is 11.4 Å². The van der Waals surface area contributed by atoms with Crippen LogP contribution in [-0.4, -0.2) is 36.5 Å². The highest BCUT2D eigenvalue weighted by molar-refractivity contribution is 5.74. The second kappa shape index (κ2) is 5.56. The Labute approximate surface area is 130 Å². The van der Waals surface area contributed by atoms with Gasteiger partial charge < -0.3 is 19.3 Å². The molecule has 1 saturated carbocycles. The average Bonchev–Trinajstić information content (AvgIpc) is 2.82. The molecule has 0 amide bonds. The van der Waals surface area contributed by atoms with Crippen LogP contribution in [0.3, 0.4) is 0 Å². The van der Waals surface area contributed by atoms with E-state index in [2.05, 4.69) is 0 Å². The first-order chi connectivity index (χ1) is 10.5. The Morgan fingerprint density at radius 1 is 1.32 bits per heavy atom. The van der Waals surface area contributed by atoms with Gasteiger partial charge in [0.05, 0.1) is 32.8 Å². The van der Waals surface area contributed by atoms with Gasteiger partial charge in [-0.3, -0.25) is 4.79 Å². The summed E-state index contributed by atoms with van der Waals surface area (Å²) >= 11 is 0. The molecule has 3 rings (SSSR count). The van der Waals surface area contributed by atoms with Crippen LogP contribution in [-0.2, 0) is 20.9 Å². The third-order valence-electron chi connectivity index (χ3n) is 4.96. The third-order valence-corrected chi connectivity index (χ3v) is 4.96. The lowest BCUT2D eigenvalue weighted by molar-refractivity contribution is -0.158. The SMILES string of the molecule is COc1ccc(COC[C@]23C[C@H](O)C[C@@]2(C)CC(=O)O3)cc1. The molecule has 3 atom stereocenters. The number of rotatable bonds is 5. The highest BCUT2D eigenvalue weighted by Crippen LogP contribution is 2.55. The molecule has 1 heterocycles. The zero-order valence-corrected chi connectivity index (χ0v) is 13.0. The molecule has 0 unspecified atom stereocenters. The minimum absolute atomic E-state index is 0.192. The minimum atomic E-state index is -0.685. The fourth-order valence-corrected chi connectivity index (χ4v) is 3.69. The summed E-state index contributed by atoms with van der Waals surface area (Å²) in [5, 5.41) is 9.96. The Hall–Kier alpha value is -1.59. The lowest BCUT2D eigenvalue weighted by Gasteiger charge is -2.34. The van der Waals surface area contributed by atoms with Gasteiger partial charge in [0, 0.05) is 11.8 Å². The Morgan fingerprint density at radius 3 is 2.73 bits per heavy atom. The Balaban J connectivity index is 1.63. The van der Waals surface area contributed by atoms with Gasteiger partial charge in [0.1, 0.15) is 11.4 Å². The van der Waals surface area contributed by atoms with Crippen molar-refractivity contribution >= 4 is 5.97 Å². The van der Waals surface area contributed by atoms with Gasteiger partial charge in [-0.05, 0) is 24.1 Å². The minimum Gasteiger partial charge on any atom is -0.497 e. The van der Waals surface area contributed by atoms with Crippen LogP contribution in [0.15, 0.2) is 24.3 Å². The van der Waals surface area contributed by atoms with Crippen molar-refractivity contribution in [2.24, 2.45) is 5.41 Å². The standard InChI is InChI=1S/C17H22O5/c1-16-7-13(18)8-17(16,22-15(19)9-16)11-21-10-12-3-5-14(20-2)6-4-12/h3-6,13,18H,7-11H2,1-2H3/t13-,16+,17-/m1/s1. The molecule has 1 aromatic rings. The van der Waals surface area contributed by atoms with Crippen LogP contribution in [0, 0.1) is 5.41 Å². The Morgan fingerprint density at radius 2 is 2.05 bits per heavy atom. The molecule has 5 heteroatoms. The summed E-state index contributed by atoms with van der Waals surface area (Å²) in [7, 11) is 1.63. The van der Waals surface area contributed by atoms with E-state index in [0.29, 0.717) is 32.5 Å². The van der Waals surface area contributed by atoms with Crippen molar-refractivity contribution in [3.05, 3.63) is 29.8 Å². The summed E-state index contributed by atoms with van der Waals surface area (Å²) in [6.45, 7) is 2.76. The molecule has 0 spiro atoms. The fourth-order valence-electron chi connectivity index (χ4n) is 3.69. The maximum absolute atomic E-state index is 11.7. The summed E-state index contributed by atoms with van der Waals surface area (Å²) in [5.41, 5.74) is 0.0149. The zero-order valence-electron chi connectivity index (χ0n) is 13.0. The molecule has 0 radical (unpaired) electrons. The van der Waals surface area contributed by atoms with Crippen LogP contribution in [0.1, 0.15) is 31.7 Å². The number of benzene rings is 1. The molecule has 1 aromatic carbocycles. The van der Waals surface area contributed by atoms with Crippen molar-refractivity contribution < 1.29 is 24.1 Å². The van der Waals surface area contributed by atoms with E-state index in [4.69, 9.17) is 14.2 Å². The summed E-state index contributed by atoms with van der Waals surface area (Å²) < 4.78 is 16.5. The van der Waals surface area contributed by atoms with Crippen molar-refractivity contribution in [1.82, 2.24) is 0 Å². The number of methoxy groups -OCH3 is 1. The van der Waals surface area contributed by atoms with Gasteiger partial charge in [0.2, 0.25) is 0 Å². The number of aliphatic hydroxyl groups is 1. The molecule has 1 aliphatic carbocycles. The smallest absolute Gasteiger partial charge is 0.307 e.